The van der Waals surface area contributed by atoms with Crippen LogP contribution in [0.15, 0.2) is 16.0 Å². The fourth-order valence-corrected chi connectivity index (χ4v) is 2.07. The summed E-state index contributed by atoms with van der Waals surface area (Å²) >= 11 is 0. The van der Waals surface area contributed by atoms with Gasteiger partial charge in [0.1, 0.15) is 18.7 Å². The summed E-state index contributed by atoms with van der Waals surface area (Å²) in [5, 5.41) is 13.1. The Morgan fingerprint density at radius 3 is 2.75 bits per heavy atom. The van der Waals surface area contributed by atoms with Gasteiger partial charge in [-0.3, -0.25) is 4.79 Å². The second-order valence-corrected chi connectivity index (χ2v) is 4.55. The molecule has 0 amide bonds. The normalized spacial score (nSPS) is 11.2. The molecule has 108 valence electrons. The van der Waals surface area contributed by atoms with E-state index in [1.54, 1.807) is 6.07 Å². The van der Waals surface area contributed by atoms with Crippen LogP contribution < -0.4 is 5.56 Å². The number of nitrogens with one attached hydrogen (secondary N) is 1. The van der Waals surface area contributed by atoms with Crippen molar-refractivity contribution in [2.45, 2.75) is 46.0 Å². The topological polar surface area (TPSA) is 78.2 Å². The molecule has 5 nitrogen and oxygen atoms in total. The molecule has 0 aliphatic carbocycles. The summed E-state index contributed by atoms with van der Waals surface area (Å²) in [6.07, 6.45) is 4.68. The van der Waals surface area contributed by atoms with Gasteiger partial charge >= 0.3 is 0 Å². The van der Waals surface area contributed by atoms with Crippen molar-refractivity contribution in [1.82, 2.24) is 4.98 Å². The van der Waals surface area contributed by atoms with E-state index in [-0.39, 0.29) is 11.1 Å². The third kappa shape index (κ3) is 3.95. The van der Waals surface area contributed by atoms with Crippen LogP contribution >= 0.6 is 0 Å². The van der Waals surface area contributed by atoms with Gasteiger partial charge in [-0.1, -0.05) is 31.8 Å². The minimum Gasteiger partial charge on any atom is -0.399 e. The van der Waals surface area contributed by atoms with Crippen molar-refractivity contribution >= 4 is 5.71 Å². The van der Waals surface area contributed by atoms with Gasteiger partial charge < -0.3 is 9.82 Å². The molecule has 5 heteroatoms. The minimum absolute atomic E-state index is 0.108. The summed E-state index contributed by atoms with van der Waals surface area (Å²) in [6.45, 7) is 4.09. The predicted octanol–water partition coefficient (Wildman–Crippen LogP) is 2.74. The van der Waals surface area contributed by atoms with E-state index in [0.29, 0.717) is 6.42 Å². The lowest BCUT2D eigenvalue weighted by molar-refractivity contribution is 0.212. The van der Waals surface area contributed by atoms with Crippen molar-refractivity contribution in [3.05, 3.63) is 33.2 Å². The first-order chi connectivity index (χ1) is 9.67. The zero-order valence-corrected chi connectivity index (χ0v) is 12.3. The minimum atomic E-state index is -0.349. The zero-order chi connectivity index (χ0) is 15.0. The maximum atomic E-state index is 11.7. The van der Waals surface area contributed by atoms with E-state index in [1.165, 1.54) is 7.11 Å². The zero-order valence-electron chi connectivity index (χ0n) is 12.3. The number of pyridine rings is 1. The molecule has 0 fully saturated rings. The molecule has 0 radical (unpaired) electrons. The maximum Gasteiger partial charge on any atom is 0.266 e. The molecule has 0 saturated carbocycles. The first-order valence-corrected chi connectivity index (χ1v) is 6.94. The standard InChI is InChI=1S/C15H21N3O2/c1-4-6-7-8-14(18-20-3)12-9-11(10-16)15(19)17-13(12)5-2/h9H,4-8H2,1-3H3,(H,17,19). The number of aromatic amines is 1. The molecule has 1 aromatic heterocycles. The summed E-state index contributed by atoms with van der Waals surface area (Å²) in [7, 11) is 1.50. The van der Waals surface area contributed by atoms with Crippen LogP contribution in [0.3, 0.4) is 0 Å². The Morgan fingerprint density at radius 1 is 1.45 bits per heavy atom. The highest BCUT2D eigenvalue weighted by Crippen LogP contribution is 2.14. The van der Waals surface area contributed by atoms with E-state index < -0.39 is 0 Å². The molecule has 0 bridgehead atoms. The molecule has 1 aromatic rings. The Balaban J connectivity index is 3.21. The average molecular weight is 275 g/mol. The van der Waals surface area contributed by atoms with Gasteiger partial charge in [0.2, 0.25) is 0 Å². The number of aryl methyl sites for hydroxylation is 1. The van der Waals surface area contributed by atoms with Crippen molar-refractivity contribution in [3.8, 4) is 6.07 Å². The fraction of sp³-hybridized carbons (Fsp3) is 0.533. The number of nitriles is 1. The van der Waals surface area contributed by atoms with Crippen LogP contribution in [0, 0.1) is 11.3 Å². The molecule has 0 aromatic carbocycles. The molecule has 0 aliphatic rings. The SMILES string of the molecule is CCCCCC(=NOC)c1cc(C#N)c(=O)[nH]c1CC. The number of oxime groups is 1. The average Bonchev–Trinajstić information content (AvgIpc) is 2.46. The van der Waals surface area contributed by atoms with E-state index in [4.69, 9.17) is 10.1 Å². The van der Waals surface area contributed by atoms with E-state index >= 15 is 0 Å². The molecule has 0 spiro atoms. The third-order valence-corrected chi connectivity index (χ3v) is 3.13. The molecular formula is C15H21N3O2. The van der Waals surface area contributed by atoms with Crippen molar-refractivity contribution in [2.75, 3.05) is 7.11 Å². The quantitative estimate of drug-likeness (QED) is 0.472. The van der Waals surface area contributed by atoms with Gasteiger partial charge in [-0.2, -0.15) is 5.26 Å². The summed E-state index contributed by atoms with van der Waals surface area (Å²) < 4.78 is 0. The van der Waals surface area contributed by atoms with Crippen LogP contribution in [0.4, 0.5) is 0 Å². The van der Waals surface area contributed by atoms with Gasteiger partial charge in [0, 0.05) is 11.3 Å². The monoisotopic (exact) mass is 275 g/mol. The molecule has 0 saturated heterocycles. The summed E-state index contributed by atoms with van der Waals surface area (Å²) in [5.74, 6) is 0. The van der Waals surface area contributed by atoms with Gasteiger partial charge in [-0.25, -0.2) is 0 Å². The van der Waals surface area contributed by atoms with Crippen LogP contribution in [0.25, 0.3) is 0 Å². The third-order valence-electron chi connectivity index (χ3n) is 3.13. The second-order valence-electron chi connectivity index (χ2n) is 4.55. The molecule has 0 unspecified atom stereocenters. The molecule has 20 heavy (non-hydrogen) atoms. The summed E-state index contributed by atoms with van der Waals surface area (Å²) in [4.78, 5) is 19.3. The van der Waals surface area contributed by atoms with Gasteiger partial charge in [-0.05, 0) is 25.3 Å². The number of H-pyrrole nitrogens is 1. The van der Waals surface area contributed by atoms with Gasteiger partial charge in [0.25, 0.3) is 5.56 Å². The van der Waals surface area contributed by atoms with E-state index in [1.807, 2.05) is 13.0 Å². The number of unbranched alkanes of at least 4 members (excludes halogenated alkanes) is 2. The lowest BCUT2D eigenvalue weighted by atomic mass is 10.00. The van der Waals surface area contributed by atoms with Crippen molar-refractivity contribution in [1.29, 1.82) is 5.26 Å². The van der Waals surface area contributed by atoms with E-state index in [9.17, 15) is 4.79 Å². The highest BCUT2D eigenvalue weighted by atomic mass is 16.6. The van der Waals surface area contributed by atoms with Crippen molar-refractivity contribution in [3.63, 3.8) is 0 Å². The van der Waals surface area contributed by atoms with Crippen LogP contribution in [0.1, 0.15) is 56.4 Å². The van der Waals surface area contributed by atoms with E-state index in [2.05, 4.69) is 17.1 Å². The van der Waals surface area contributed by atoms with Crippen molar-refractivity contribution < 1.29 is 4.84 Å². The van der Waals surface area contributed by atoms with Gasteiger partial charge in [0.05, 0.1) is 5.71 Å². The lowest BCUT2D eigenvalue weighted by Crippen LogP contribution is -2.18. The maximum absolute atomic E-state index is 11.7. The Morgan fingerprint density at radius 2 is 2.20 bits per heavy atom. The Kier molecular flexibility index (Phi) is 6.51. The van der Waals surface area contributed by atoms with Crippen molar-refractivity contribution in [2.24, 2.45) is 5.16 Å². The van der Waals surface area contributed by atoms with E-state index in [0.717, 1.165) is 42.7 Å². The number of hydrogen-bond acceptors (Lipinski definition) is 4. The number of hydrogen-bond donors (Lipinski definition) is 1. The van der Waals surface area contributed by atoms with Crippen LogP contribution in [0.5, 0.6) is 0 Å². The number of rotatable bonds is 7. The molecular weight excluding hydrogens is 254 g/mol. The van der Waals surface area contributed by atoms with Gasteiger partial charge in [-0.15, -0.1) is 0 Å². The van der Waals surface area contributed by atoms with Crippen LogP contribution in [-0.2, 0) is 11.3 Å². The van der Waals surface area contributed by atoms with Crippen LogP contribution in [-0.4, -0.2) is 17.8 Å². The second kappa shape index (κ2) is 8.16. The highest BCUT2D eigenvalue weighted by molar-refractivity contribution is 6.01. The molecule has 1 N–H and O–H groups in total. The lowest BCUT2D eigenvalue weighted by Gasteiger charge is -2.10. The highest BCUT2D eigenvalue weighted by Gasteiger charge is 2.13. The largest absolute Gasteiger partial charge is 0.399 e. The smallest absolute Gasteiger partial charge is 0.266 e. The first-order valence-electron chi connectivity index (χ1n) is 6.94. The number of aromatic nitrogens is 1. The summed E-state index contributed by atoms with van der Waals surface area (Å²) in [5.41, 5.74) is 2.14. The molecule has 1 rings (SSSR count). The molecule has 1 heterocycles. The Hall–Kier alpha value is -2.09. The molecule has 0 atom stereocenters. The summed E-state index contributed by atoms with van der Waals surface area (Å²) in [6, 6.07) is 3.52. The Bertz CT molecular complexity index is 567. The van der Waals surface area contributed by atoms with Gasteiger partial charge in [0.15, 0.2) is 0 Å². The predicted molar refractivity (Wildman–Crippen MR) is 78.8 cm³/mol. The Labute approximate surface area is 119 Å². The first kappa shape index (κ1) is 16.0. The van der Waals surface area contributed by atoms with Crippen LogP contribution in [0.2, 0.25) is 0 Å². The number of nitrogens with zero attached hydrogens (tertiary/aromatic N) is 2. The molecule has 0 aliphatic heterocycles. The fourth-order valence-electron chi connectivity index (χ4n) is 2.07.